The summed E-state index contributed by atoms with van der Waals surface area (Å²) >= 11 is 12.2. The van der Waals surface area contributed by atoms with Gasteiger partial charge in [-0.2, -0.15) is 0 Å². The maximum absolute atomic E-state index is 11.6. The predicted octanol–water partition coefficient (Wildman–Crippen LogP) is 3.80. The molecular weight excluding hydrogens is 257 g/mol. The van der Waals surface area contributed by atoms with Gasteiger partial charge in [-0.25, -0.2) is 0 Å². The topological polar surface area (TPSA) is 20.3 Å². The summed E-state index contributed by atoms with van der Waals surface area (Å²) < 4.78 is 0. The van der Waals surface area contributed by atoms with Crippen LogP contribution < -0.4 is 4.90 Å². The molecule has 92 valence electrons. The highest BCUT2D eigenvalue weighted by atomic mass is 35.5. The van der Waals surface area contributed by atoms with E-state index in [1.165, 1.54) is 0 Å². The lowest BCUT2D eigenvalue weighted by Gasteiger charge is -2.39. The second-order valence-corrected chi connectivity index (χ2v) is 5.30. The lowest BCUT2D eigenvalue weighted by atomic mass is 9.90. The van der Waals surface area contributed by atoms with Crippen molar-refractivity contribution in [2.75, 3.05) is 11.4 Å². The van der Waals surface area contributed by atoms with Crippen LogP contribution in [-0.2, 0) is 4.79 Å². The van der Waals surface area contributed by atoms with Crippen molar-refractivity contribution in [2.45, 2.75) is 26.3 Å². The summed E-state index contributed by atoms with van der Waals surface area (Å²) in [5.41, 5.74) is 0.922. The molecule has 0 N–H and O–H groups in total. The van der Waals surface area contributed by atoms with E-state index in [1.807, 2.05) is 19.1 Å². The van der Waals surface area contributed by atoms with E-state index in [9.17, 15) is 4.79 Å². The number of piperidine rings is 1. The average Bonchev–Trinajstić information content (AvgIpc) is 2.31. The molecule has 1 fully saturated rings. The van der Waals surface area contributed by atoms with E-state index in [-0.39, 0.29) is 12.0 Å². The molecular formula is C13H15Cl2NO. The average molecular weight is 272 g/mol. The maximum Gasteiger partial charge on any atom is 0.139 e. The van der Waals surface area contributed by atoms with Gasteiger partial charge in [0.15, 0.2) is 0 Å². The minimum absolute atomic E-state index is 0.0406. The molecule has 1 aliphatic rings. The summed E-state index contributed by atoms with van der Waals surface area (Å²) in [6, 6.07) is 5.77. The molecule has 2 nitrogen and oxygen atoms in total. The molecule has 1 aromatic rings. The summed E-state index contributed by atoms with van der Waals surface area (Å²) in [5.74, 6) is 0.366. The lowest BCUT2D eigenvalue weighted by molar-refractivity contribution is -0.123. The van der Waals surface area contributed by atoms with Crippen molar-refractivity contribution in [3.8, 4) is 0 Å². The van der Waals surface area contributed by atoms with Crippen LogP contribution in [0.2, 0.25) is 10.0 Å². The molecule has 1 heterocycles. The first-order chi connectivity index (χ1) is 8.02. The highest BCUT2D eigenvalue weighted by Gasteiger charge is 2.31. The second-order valence-electron chi connectivity index (χ2n) is 4.51. The van der Waals surface area contributed by atoms with Crippen LogP contribution in [0.4, 0.5) is 5.69 Å². The van der Waals surface area contributed by atoms with Gasteiger partial charge in [0.25, 0.3) is 0 Å². The number of carbonyl (C=O) groups is 1. The van der Waals surface area contributed by atoms with Gasteiger partial charge in [0.1, 0.15) is 5.78 Å². The molecule has 0 radical (unpaired) electrons. The standard InChI is InChI=1S/C13H15Cl2NO/c1-8-9(2)16(7-6-12(8)17)11-5-3-4-10(14)13(11)15/h3-5,8-9H,6-7H2,1-2H3. The van der Waals surface area contributed by atoms with E-state index in [0.29, 0.717) is 28.8 Å². The Labute approximate surface area is 112 Å². The van der Waals surface area contributed by atoms with Crippen LogP contribution >= 0.6 is 23.2 Å². The first kappa shape index (κ1) is 12.7. The van der Waals surface area contributed by atoms with Gasteiger partial charge in [-0.1, -0.05) is 36.2 Å². The van der Waals surface area contributed by atoms with E-state index in [4.69, 9.17) is 23.2 Å². The predicted molar refractivity (Wildman–Crippen MR) is 72.1 cm³/mol. The van der Waals surface area contributed by atoms with Crippen molar-refractivity contribution in [3.63, 3.8) is 0 Å². The molecule has 1 saturated heterocycles. The zero-order valence-corrected chi connectivity index (χ0v) is 11.4. The van der Waals surface area contributed by atoms with Crippen molar-refractivity contribution in [2.24, 2.45) is 5.92 Å². The second kappa shape index (κ2) is 4.87. The van der Waals surface area contributed by atoms with Gasteiger partial charge in [-0.15, -0.1) is 0 Å². The third-order valence-corrected chi connectivity index (χ3v) is 4.37. The van der Waals surface area contributed by atoms with Gasteiger partial charge >= 0.3 is 0 Å². The number of carbonyl (C=O) groups excluding carboxylic acids is 1. The van der Waals surface area contributed by atoms with Gasteiger partial charge in [0, 0.05) is 24.9 Å². The van der Waals surface area contributed by atoms with E-state index in [1.54, 1.807) is 6.07 Å². The molecule has 0 saturated carbocycles. The highest BCUT2D eigenvalue weighted by molar-refractivity contribution is 6.43. The van der Waals surface area contributed by atoms with Gasteiger partial charge in [-0.3, -0.25) is 4.79 Å². The Morgan fingerprint density at radius 1 is 1.29 bits per heavy atom. The maximum atomic E-state index is 11.6. The van der Waals surface area contributed by atoms with Gasteiger partial charge < -0.3 is 4.90 Å². The summed E-state index contributed by atoms with van der Waals surface area (Å²) in [5, 5.41) is 1.13. The number of rotatable bonds is 1. The van der Waals surface area contributed by atoms with E-state index in [2.05, 4.69) is 11.8 Å². The lowest BCUT2D eigenvalue weighted by Crippen LogP contribution is -2.47. The molecule has 1 aromatic carbocycles. The van der Waals surface area contributed by atoms with Crippen molar-refractivity contribution in [1.82, 2.24) is 0 Å². The largest absolute Gasteiger partial charge is 0.366 e. The fraction of sp³-hybridized carbons (Fsp3) is 0.462. The summed E-state index contributed by atoms with van der Waals surface area (Å²) in [4.78, 5) is 13.8. The molecule has 2 atom stereocenters. The monoisotopic (exact) mass is 271 g/mol. The number of ketones is 1. The molecule has 0 bridgehead atoms. The Bertz CT molecular complexity index is 447. The number of hydrogen-bond acceptors (Lipinski definition) is 2. The van der Waals surface area contributed by atoms with E-state index < -0.39 is 0 Å². The molecule has 2 rings (SSSR count). The molecule has 17 heavy (non-hydrogen) atoms. The normalized spacial score (nSPS) is 25.2. The SMILES string of the molecule is CC1C(=O)CCN(c2cccc(Cl)c2Cl)C1C. The Morgan fingerprint density at radius 3 is 2.71 bits per heavy atom. The molecule has 0 amide bonds. The molecule has 0 spiro atoms. The Hall–Kier alpha value is -0.730. The Kier molecular flexibility index (Phi) is 3.64. The molecule has 0 aliphatic carbocycles. The third-order valence-electron chi connectivity index (χ3n) is 3.56. The van der Waals surface area contributed by atoms with Crippen LogP contribution in [0.1, 0.15) is 20.3 Å². The van der Waals surface area contributed by atoms with Crippen molar-refractivity contribution < 1.29 is 4.79 Å². The third kappa shape index (κ3) is 2.29. The van der Waals surface area contributed by atoms with E-state index in [0.717, 1.165) is 5.69 Å². The van der Waals surface area contributed by atoms with Crippen LogP contribution in [-0.4, -0.2) is 18.4 Å². The summed E-state index contributed by atoms with van der Waals surface area (Å²) in [6.45, 7) is 4.74. The Balaban J connectivity index is 2.34. The number of halogens is 2. The van der Waals surface area contributed by atoms with Crippen LogP contribution in [0.5, 0.6) is 0 Å². The zero-order valence-electron chi connectivity index (χ0n) is 9.91. The number of nitrogens with zero attached hydrogens (tertiary/aromatic N) is 1. The van der Waals surface area contributed by atoms with Gasteiger partial charge in [-0.05, 0) is 19.1 Å². The molecule has 1 aliphatic heterocycles. The summed E-state index contributed by atoms with van der Waals surface area (Å²) in [7, 11) is 0. The fourth-order valence-corrected chi connectivity index (χ4v) is 2.66. The van der Waals surface area contributed by atoms with Gasteiger partial charge in [0.2, 0.25) is 0 Å². The number of Topliss-reactive ketones (excluding diaryl/α,β-unsaturated/α-hetero) is 1. The fourth-order valence-electron chi connectivity index (χ4n) is 2.25. The van der Waals surface area contributed by atoms with Crippen LogP contribution in [0.25, 0.3) is 0 Å². The smallest absolute Gasteiger partial charge is 0.139 e. The van der Waals surface area contributed by atoms with Crippen LogP contribution in [0, 0.1) is 5.92 Å². The van der Waals surface area contributed by atoms with Crippen molar-refractivity contribution >= 4 is 34.7 Å². The minimum Gasteiger partial charge on any atom is -0.366 e. The Morgan fingerprint density at radius 2 is 2.00 bits per heavy atom. The zero-order chi connectivity index (χ0) is 12.6. The molecule has 4 heteroatoms. The van der Waals surface area contributed by atoms with Crippen molar-refractivity contribution in [3.05, 3.63) is 28.2 Å². The van der Waals surface area contributed by atoms with Crippen molar-refractivity contribution in [1.29, 1.82) is 0 Å². The quantitative estimate of drug-likeness (QED) is 0.775. The minimum atomic E-state index is 0.0406. The van der Waals surface area contributed by atoms with Crippen LogP contribution in [0.3, 0.4) is 0 Å². The first-order valence-electron chi connectivity index (χ1n) is 5.75. The number of anilines is 1. The van der Waals surface area contributed by atoms with Crippen LogP contribution in [0.15, 0.2) is 18.2 Å². The first-order valence-corrected chi connectivity index (χ1v) is 6.51. The number of benzene rings is 1. The van der Waals surface area contributed by atoms with Gasteiger partial charge in [0.05, 0.1) is 15.7 Å². The number of hydrogen-bond donors (Lipinski definition) is 0. The molecule has 2 unspecified atom stereocenters. The highest BCUT2D eigenvalue weighted by Crippen LogP contribution is 2.36. The summed E-state index contributed by atoms with van der Waals surface area (Å²) in [6.07, 6.45) is 0.578. The molecule has 0 aromatic heterocycles. The van der Waals surface area contributed by atoms with E-state index >= 15 is 0 Å².